The zero-order valence-electron chi connectivity index (χ0n) is 16.2. The lowest BCUT2D eigenvalue weighted by Crippen LogP contribution is -2.27. The Bertz CT molecular complexity index is 1150. The Hall–Kier alpha value is -3.64. The van der Waals surface area contributed by atoms with E-state index in [1.165, 1.54) is 4.90 Å². The molecular formula is C23H18ClN3O3. The van der Waals surface area contributed by atoms with Crippen LogP contribution in [0.3, 0.4) is 0 Å². The van der Waals surface area contributed by atoms with Crippen molar-refractivity contribution in [2.24, 2.45) is 0 Å². The van der Waals surface area contributed by atoms with Gasteiger partial charge in [0.15, 0.2) is 0 Å². The van der Waals surface area contributed by atoms with Crippen LogP contribution in [-0.4, -0.2) is 28.0 Å². The van der Waals surface area contributed by atoms with Crippen LogP contribution in [0.15, 0.2) is 81.9 Å². The van der Waals surface area contributed by atoms with E-state index in [9.17, 15) is 4.79 Å². The van der Waals surface area contributed by atoms with Crippen LogP contribution in [0.4, 0.5) is 0 Å². The first-order chi connectivity index (χ1) is 14.6. The summed E-state index contributed by atoms with van der Waals surface area (Å²) in [7, 11) is 1.69. The summed E-state index contributed by atoms with van der Waals surface area (Å²) < 4.78 is 10.7. The Morgan fingerprint density at radius 3 is 2.53 bits per heavy atom. The lowest BCUT2D eigenvalue weighted by Gasteiger charge is -2.17. The summed E-state index contributed by atoms with van der Waals surface area (Å²) in [6, 6.07) is 20.1. The molecule has 0 saturated carbocycles. The molecule has 2 aromatic heterocycles. The minimum atomic E-state index is -0.191. The summed E-state index contributed by atoms with van der Waals surface area (Å²) in [6.45, 7) is 0.168. The van der Waals surface area contributed by atoms with Crippen molar-refractivity contribution >= 4 is 29.2 Å². The number of amides is 1. The zero-order chi connectivity index (χ0) is 20.9. The number of hydrogen-bond donors (Lipinski definition) is 0. The van der Waals surface area contributed by atoms with Gasteiger partial charge >= 0.3 is 0 Å². The molecule has 0 fully saturated rings. The molecule has 30 heavy (non-hydrogen) atoms. The number of aromatic nitrogens is 2. The maximum atomic E-state index is 13.2. The summed E-state index contributed by atoms with van der Waals surface area (Å²) in [5.74, 6) is 1.18. The van der Waals surface area contributed by atoms with E-state index in [0.717, 1.165) is 11.1 Å². The van der Waals surface area contributed by atoms with Gasteiger partial charge in [-0.2, -0.15) is 4.98 Å². The van der Waals surface area contributed by atoms with Gasteiger partial charge in [0.25, 0.3) is 5.91 Å². The molecule has 0 unspecified atom stereocenters. The molecule has 7 heteroatoms. The molecule has 0 radical (unpaired) electrons. The predicted molar refractivity (Wildman–Crippen MR) is 114 cm³/mol. The van der Waals surface area contributed by atoms with Gasteiger partial charge in [0, 0.05) is 17.6 Å². The average Bonchev–Trinajstić information content (AvgIpc) is 3.45. The van der Waals surface area contributed by atoms with Crippen molar-refractivity contribution in [2.45, 2.75) is 6.54 Å². The second kappa shape index (κ2) is 8.80. The Morgan fingerprint density at radius 1 is 1.07 bits per heavy atom. The Kier molecular flexibility index (Phi) is 5.77. The molecule has 0 aliphatic carbocycles. The predicted octanol–water partition coefficient (Wildman–Crippen LogP) is 5.18. The van der Waals surface area contributed by atoms with Crippen LogP contribution in [0.2, 0.25) is 5.02 Å². The van der Waals surface area contributed by atoms with Crippen LogP contribution < -0.4 is 0 Å². The minimum absolute atomic E-state index is 0.168. The van der Waals surface area contributed by atoms with Gasteiger partial charge in [0.1, 0.15) is 5.76 Å². The number of hydrogen-bond acceptors (Lipinski definition) is 5. The fraction of sp³-hybridized carbons (Fsp3) is 0.0870. The molecule has 2 aromatic carbocycles. The second-order valence-corrected chi connectivity index (χ2v) is 7.06. The van der Waals surface area contributed by atoms with Crippen molar-refractivity contribution in [3.63, 3.8) is 0 Å². The molecule has 0 bridgehead atoms. The van der Waals surface area contributed by atoms with Gasteiger partial charge in [-0.15, -0.1) is 0 Å². The molecule has 150 valence electrons. The first kappa shape index (κ1) is 19.7. The van der Waals surface area contributed by atoms with Gasteiger partial charge in [-0.3, -0.25) is 4.79 Å². The lowest BCUT2D eigenvalue weighted by molar-refractivity contribution is -0.124. The lowest BCUT2D eigenvalue weighted by atomic mass is 10.0. The molecule has 0 N–H and O–H groups in total. The van der Waals surface area contributed by atoms with E-state index in [-0.39, 0.29) is 12.5 Å². The van der Waals surface area contributed by atoms with E-state index in [0.29, 0.717) is 28.1 Å². The van der Waals surface area contributed by atoms with Gasteiger partial charge in [-0.05, 0) is 48.0 Å². The van der Waals surface area contributed by atoms with Crippen LogP contribution in [0.1, 0.15) is 17.2 Å². The van der Waals surface area contributed by atoms with Crippen molar-refractivity contribution in [2.75, 3.05) is 7.05 Å². The fourth-order valence-corrected chi connectivity index (χ4v) is 3.04. The zero-order valence-corrected chi connectivity index (χ0v) is 16.9. The van der Waals surface area contributed by atoms with Crippen molar-refractivity contribution in [1.82, 2.24) is 15.0 Å². The molecule has 0 atom stereocenters. The monoisotopic (exact) mass is 419 g/mol. The summed E-state index contributed by atoms with van der Waals surface area (Å²) in [6.07, 6.45) is 3.29. The van der Waals surface area contributed by atoms with E-state index < -0.39 is 0 Å². The van der Waals surface area contributed by atoms with Gasteiger partial charge in [0.05, 0.1) is 18.4 Å². The number of likely N-dealkylation sites (N-methyl/N-ethyl adjacent to an activating group) is 1. The highest BCUT2D eigenvalue weighted by molar-refractivity contribution is 6.30. The summed E-state index contributed by atoms with van der Waals surface area (Å²) in [4.78, 5) is 19.1. The number of rotatable bonds is 6. The van der Waals surface area contributed by atoms with E-state index in [1.54, 1.807) is 43.7 Å². The van der Waals surface area contributed by atoms with Crippen molar-refractivity contribution in [1.29, 1.82) is 0 Å². The van der Waals surface area contributed by atoms with E-state index in [4.69, 9.17) is 20.5 Å². The molecule has 2 heterocycles. The van der Waals surface area contributed by atoms with E-state index >= 15 is 0 Å². The number of furan rings is 1. The molecule has 0 aliphatic heterocycles. The second-order valence-electron chi connectivity index (χ2n) is 6.62. The van der Waals surface area contributed by atoms with Crippen molar-refractivity contribution in [3.8, 4) is 11.4 Å². The average molecular weight is 420 g/mol. The first-order valence-corrected chi connectivity index (χ1v) is 9.62. The summed E-state index contributed by atoms with van der Waals surface area (Å²) in [5, 5.41) is 4.62. The van der Waals surface area contributed by atoms with Crippen LogP contribution in [-0.2, 0) is 11.3 Å². The SMILES string of the molecule is CN(Cc1nc(-c2ccc(Cl)cc2)no1)C(=O)/C(=C/c1ccco1)c1ccccc1. The summed E-state index contributed by atoms with van der Waals surface area (Å²) in [5.41, 5.74) is 2.08. The number of carbonyl (C=O) groups is 1. The molecule has 0 aliphatic rings. The quantitative estimate of drug-likeness (QED) is 0.402. The molecule has 4 aromatic rings. The Morgan fingerprint density at radius 2 is 1.83 bits per heavy atom. The van der Waals surface area contributed by atoms with Gasteiger partial charge < -0.3 is 13.8 Å². The van der Waals surface area contributed by atoms with Crippen LogP contribution in [0.5, 0.6) is 0 Å². The van der Waals surface area contributed by atoms with E-state index in [1.807, 2.05) is 42.5 Å². The fourth-order valence-electron chi connectivity index (χ4n) is 2.92. The molecule has 1 amide bonds. The standard InChI is InChI=1S/C23H18ClN3O3/c1-27(15-21-25-22(26-30-21)17-9-11-18(24)12-10-17)23(28)20(14-19-8-5-13-29-19)16-6-3-2-4-7-16/h2-14H,15H2,1H3/b20-14+. The summed E-state index contributed by atoms with van der Waals surface area (Å²) >= 11 is 5.92. The van der Waals surface area contributed by atoms with E-state index in [2.05, 4.69) is 10.1 Å². The number of carbonyl (C=O) groups excluding carboxylic acids is 1. The highest BCUT2D eigenvalue weighted by atomic mass is 35.5. The Balaban J connectivity index is 1.55. The van der Waals surface area contributed by atoms with Crippen molar-refractivity contribution < 1.29 is 13.7 Å². The van der Waals surface area contributed by atoms with Crippen LogP contribution in [0.25, 0.3) is 23.0 Å². The first-order valence-electron chi connectivity index (χ1n) is 9.25. The van der Waals surface area contributed by atoms with Gasteiger partial charge in [0.2, 0.25) is 11.7 Å². The largest absolute Gasteiger partial charge is 0.465 e. The number of benzene rings is 2. The normalized spacial score (nSPS) is 11.5. The Labute approximate surface area is 178 Å². The smallest absolute Gasteiger partial charge is 0.254 e. The molecular weight excluding hydrogens is 402 g/mol. The number of nitrogens with zero attached hydrogens (tertiary/aromatic N) is 3. The third-order valence-electron chi connectivity index (χ3n) is 4.43. The molecule has 4 rings (SSSR count). The topological polar surface area (TPSA) is 72.4 Å². The molecule has 0 spiro atoms. The third kappa shape index (κ3) is 4.50. The minimum Gasteiger partial charge on any atom is -0.465 e. The van der Waals surface area contributed by atoms with Gasteiger partial charge in [-0.25, -0.2) is 0 Å². The number of halogens is 1. The van der Waals surface area contributed by atoms with Crippen molar-refractivity contribution in [3.05, 3.63) is 95.2 Å². The van der Waals surface area contributed by atoms with Gasteiger partial charge in [-0.1, -0.05) is 47.1 Å². The maximum Gasteiger partial charge on any atom is 0.254 e. The van der Waals surface area contributed by atoms with Crippen LogP contribution in [0, 0.1) is 0 Å². The molecule has 6 nitrogen and oxygen atoms in total. The van der Waals surface area contributed by atoms with Crippen LogP contribution >= 0.6 is 11.6 Å². The highest BCUT2D eigenvalue weighted by Crippen LogP contribution is 2.23. The maximum absolute atomic E-state index is 13.2. The third-order valence-corrected chi connectivity index (χ3v) is 4.69. The highest BCUT2D eigenvalue weighted by Gasteiger charge is 2.20. The molecule has 0 saturated heterocycles.